The molecule has 2 rings (SSSR count). The minimum Gasteiger partial charge on any atom is -0.465 e. The number of hydrogen-bond donors (Lipinski definition) is 0. The first kappa shape index (κ1) is 17.0. The van der Waals surface area contributed by atoms with Gasteiger partial charge in [0.05, 0.1) is 13.2 Å². The molecule has 1 aliphatic rings. The number of hydrogen-bond acceptors (Lipinski definition) is 4. The Labute approximate surface area is 136 Å². The first-order valence-corrected chi connectivity index (χ1v) is 8.05. The van der Waals surface area contributed by atoms with Gasteiger partial charge < -0.3 is 4.74 Å². The third kappa shape index (κ3) is 3.18. The SMILES string of the molecule is CCOC(=O)CN(C)[C@@]1(c2ccccc2Cl)CCCCC1=O. The average Bonchev–Trinajstić information content (AvgIpc) is 2.49. The zero-order valence-electron chi connectivity index (χ0n) is 13.1. The molecule has 1 atom stereocenters. The predicted molar refractivity (Wildman–Crippen MR) is 85.9 cm³/mol. The normalized spacial score (nSPS) is 21.9. The van der Waals surface area contributed by atoms with E-state index >= 15 is 0 Å². The molecule has 1 aromatic rings. The fraction of sp³-hybridized carbons (Fsp3) is 0.529. The Morgan fingerprint density at radius 3 is 2.73 bits per heavy atom. The van der Waals surface area contributed by atoms with Crippen LogP contribution in [0.2, 0.25) is 5.02 Å². The molecule has 1 aromatic carbocycles. The standard InChI is InChI=1S/C17H22ClNO3/c1-3-22-16(21)12-19(2)17(11-7-6-10-15(17)20)13-8-4-5-9-14(13)18/h4-5,8-9H,3,6-7,10-12H2,1-2H3/t17-/m1/s1. The van der Waals surface area contributed by atoms with Gasteiger partial charge in [0.1, 0.15) is 5.54 Å². The van der Waals surface area contributed by atoms with Crippen molar-refractivity contribution < 1.29 is 14.3 Å². The molecule has 1 aliphatic carbocycles. The van der Waals surface area contributed by atoms with Crippen LogP contribution in [0.15, 0.2) is 24.3 Å². The highest BCUT2D eigenvalue weighted by Gasteiger charge is 2.46. The van der Waals surface area contributed by atoms with Gasteiger partial charge in [-0.1, -0.05) is 36.2 Å². The molecule has 0 saturated heterocycles. The zero-order chi connectivity index (χ0) is 16.2. The molecule has 0 unspecified atom stereocenters. The van der Waals surface area contributed by atoms with Gasteiger partial charge in [-0.2, -0.15) is 0 Å². The number of rotatable bonds is 5. The van der Waals surface area contributed by atoms with E-state index in [4.69, 9.17) is 16.3 Å². The zero-order valence-corrected chi connectivity index (χ0v) is 13.9. The van der Waals surface area contributed by atoms with Gasteiger partial charge in [0.2, 0.25) is 0 Å². The van der Waals surface area contributed by atoms with Crippen LogP contribution in [-0.2, 0) is 19.9 Å². The van der Waals surface area contributed by atoms with Crippen LogP contribution in [-0.4, -0.2) is 36.9 Å². The number of likely N-dealkylation sites (N-methyl/N-ethyl adjacent to an activating group) is 1. The molecule has 0 bridgehead atoms. The summed E-state index contributed by atoms with van der Waals surface area (Å²) in [5, 5.41) is 0.563. The molecule has 5 heteroatoms. The minimum absolute atomic E-state index is 0.0742. The molecule has 0 aliphatic heterocycles. The number of esters is 1. The maximum atomic E-state index is 12.8. The van der Waals surface area contributed by atoms with Crippen LogP contribution in [0.1, 0.15) is 38.2 Å². The molecule has 0 radical (unpaired) electrons. The topological polar surface area (TPSA) is 46.6 Å². The van der Waals surface area contributed by atoms with Crippen LogP contribution in [0, 0.1) is 0 Å². The summed E-state index contributed by atoms with van der Waals surface area (Å²) in [5.41, 5.74) is -0.0447. The Balaban J connectivity index is 2.40. The highest BCUT2D eigenvalue weighted by Crippen LogP contribution is 2.42. The second kappa shape index (κ2) is 7.25. The number of halogens is 1. The molecule has 0 N–H and O–H groups in total. The number of ether oxygens (including phenoxy) is 1. The predicted octanol–water partition coefficient (Wildman–Crippen LogP) is 3.17. The number of ketones is 1. The van der Waals surface area contributed by atoms with E-state index in [1.54, 1.807) is 24.9 Å². The lowest BCUT2D eigenvalue weighted by molar-refractivity contribution is -0.148. The van der Waals surface area contributed by atoms with Crippen molar-refractivity contribution >= 4 is 23.4 Å². The summed E-state index contributed by atoms with van der Waals surface area (Å²) in [5.74, 6) is -0.201. The van der Waals surface area contributed by atoms with E-state index in [-0.39, 0.29) is 18.3 Å². The summed E-state index contributed by atoms with van der Waals surface area (Å²) >= 11 is 6.36. The Hall–Kier alpha value is -1.39. The van der Waals surface area contributed by atoms with Crippen molar-refractivity contribution in [3.63, 3.8) is 0 Å². The number of Topliss-reactive ketones (excluding diaryl/α,β-unsaturated/α-hetero) is 1. The lowest BCUT2D eigenvalue weighted by Crippen LogP contribution is -2.53. The van der Waals surface area contributed by atoms with Crippen LogP contribution in [0.4, 0.5) is 0 Å². The Bertz CT molecular complexity index is 561. The van der Waals surface area contributed by atoms with Gasteiger partial charge in [0, 0.05) is 11.4 Å². The molecule has 1 saturated carbocycles. The highest BCUT2D eigenvalue weighted by atomic mass is 35.5. The van der Waals surface area contributed by atoms with Crippen molar-refractivity contribution in [2.24, 2.45) is 0 Å². The van der Waals surface area contributed by atoms with Gasteiger partial charge in [-0.15, -0.1) is 0 Å². The molecule has 0 heterocycles. The van der Waals surface area contributed by atoms with Gasteiger partial charge in [0.25, 0.3) is 0 Å². The lowest BCUT2D eigenvalue weighted by atomic mass is 9.74. The van der Waals surface area contributed by atoms with Gasteiger partial charge in [-0.3, -0.25) is 14.5 Å². The lowest BCUT2D eigenvalue weighted by Gasteiger charge is -2.43. The molecule has 120 valence electrons. The maximum Gasteiger partial charge on any atom is 0.320 e. The average molecular weight is 324 g/mol. The number of nitrogens with zero attached hydrogens (tertiary/aromatic N) is 1. The minimum atomic E-state index is -0.830. The van der Waals surface area contributed by atoms with Crippen molar-refractivity contribution in [2.75, 3.05) is 20.2 Å². The van der Waals surface area contributed by atoms with E-state index in [1.165, 1.54) is 0 Å². The third-order valence-electron chi connectivity index (χ3n) is 4.30. The molecule has 0 aromatic heterocycles. The summed E-state index contributed by atoms with van der Waals surface area (Å²) in [6.45, 7) is 2.18. The molecule has 0 amide bonds. The molecule has 4 nitrogen and oxygen atoms in total. The van der Waals surface area contributed by atoms with Crippen molar-refractivity contribution in [3.8, 4) is 0 Å². The van der Waals surface area contributed by atoms with Crippen molar-refractivity contribution in [1.82, 2.24) is 4.90 Å². The van der Waals surface area contributed by atoms with Gasteiger partial charge in [0.15, 0.2) is 5.78 Å². The second-order valence-electron chi connectivity index (χ2n) is 5.63. The van der Waals surface area contributed by atoms with E-state index in [1.807, 2.05) is 18.2 Å². The van der Waals surface area contributed by atoms with Crippen molar-refractivity contribution in [2.45, 2.75) is 38.1 Å². The second-order valence-corrected chi connectivity index (χ2v) is 6.04. The van der Waals surface area contributed by atoms with Gasteiger partial charge >= 0.3 is 5.97 Å². The Morgan fingerprint density at radius 2 is 2.09 bits per heavy atom. The fourth-order valence-electron chi connectivity index (χ4n) is 3.24. The number of benzene rings is 1. The summed E-state index contributed by atoms with van der Waals surface area (Å²) in [7, 11) is 1.80. The van der Waals surface area contributed by atoms with E-state index in [0.717, 1.165) is 18.4 Å². The summed E-state index contributed by atoms with van der Waals surface area (Å²) < 4.78 is 5.02. The van der Waals surface area contributed by atoms with Crippen molar-refractivity contribution in [3.05, 3.63) is 34.9 Å². The van der Waals surface area contributed by atoms with E-state index in [2.05, 4.69) is 0 Å². The molecule has 22 heavy (non-hydrogen) atoms. The van der Waals surface area contributed by atoms with E-state index in [9.17, 15) is 9.59 Å². The summed E-state index contributed by atoms with van der Waals surface area (Å²) in [4.78, 5) is 26.4. The smallest absolute Gasteiger partial charge is 0.320 e. The Morgan fingerprint density at radius 1 is 1.36 bits per heavy atom. The molecular formula is C17H22ClNO3. The number of carbonyl (C=O) groups is 2. The largest absolute Gasteiger partial charge is 0.465 e. The third-order valence-corrected chi connectivity index (χ3v) is 4.63. The number of carbonyl (C=O) groups excluding carboxylic acids is 2. The highest BCUT2D eigenvalue weighted by molar-refractivity contribution is 6.31. The van der Waals surface area contributed by atoms with Crippen LogP contribution < -0.4 is 0 Å². The molecule has 0 spiro atoms. The van der Waals surface area contributed by atoms with Gasteiger partial charge in [-0.05, 0) is 38.4 Å². The van der Waals surface area contributed by atoms with Crippen LogP contribution >= 0.6 is 11.6 Å². The molecular weight excluding hydrogens is 302 g/mol. The van der Waals surface area contributed by atoms with Crippen molar-refractivity contribution in [1.29, 1.82) is 0 Å². The fourth-order valence-corrected chi connectivity index (χ4v) is 3.53. The quantitative estimate of drug-likeness (QED) is 0.781. The van der Waals surface area contributed by atoms with Crippen LogP contribution in [0.5, 0.6) is 0 Å². The summed E-state index contributed by atoms with van der Waals surface area (Å²) in [6.07, 6.45) is 3.01. The first-order valence-electron chi connectivity index (χ1n) is 7.67. The van der Waals surface area contributed by atoms with Crippen LogP contribution in [0.3, 0.4) is 0 Å². The van der Waals surface area contributed by atoms with E-state index < -0.39 is 5.54 Å². The molecule has 1 fully saturated rings. The first-order chi connectivity index (χ1) is 10.5. The van der Waals surface area contributed by atoms with E-state index in [0.29, 0.717) is 24.5 Å². The summed E-state index contributed by atoms with van der Waals surface area (Å²) in [6, 6.07) is 7.40. The van der Waals surface area contributed by atoms with Crippen LogP contribution in [0.25, 0.3) is 0 Å². The maximum absolute atomic E-state index is 12.8. The monoisotopic (exact) mass is 323 g/mol. The van der Waals surface area contributed by atoms with Gasteiger partial charge in [-0.25, -0.2) is 0 Å². The Kier molecular flexibility index (Phi) is 5.59.